The van der Waals surface area contributed by atoms with Crippen molar-refractivity contribution in [2.24, 2.45) is 11.8 Å². The highest BCUT2D eigenvalue weighted by atomic mass is 16.5. The maximum Gasteiger partial charge on any atom is 0.0824 e. The molecule has 1 saturated heterocycles. The fraction of sp³-hybridized carbons (Fsp3) is 1.00. The van der Waals surface area contributed by atoms with Gasteiger partial charge in [0.25, 0.3) is 0 Å². The van der Waals surface area contributed by atoms with Crippen molar-refractivity contribution in [2.45, 2.75) is 51.2 Å². The van der Waals surface area contributed by atoms with Crippen LogP contribution >= 0.6 is 0 Å². The Kier molecular flexibility index (Phi) is 4.62. The Bertz CT molecular complexity index is 201. The Morgan fingerprint density at radius 3 is 2.81 bits per heavy atom. The van der Waals surface area contributed by atoms with Gasteiger partial charge in [-0.05, 0) is 25.2 Å². The third-order valence-corrected chi connectivity index (χ3v) is 4.02. The lowest BCUT2D eigenvalue weighted by Gasteiger charge is -2.30. The first-order valence-electron chi connectivity index (χ1n) is 6.65. The summed E-state index contributed by atoms with van der Waals surface area (Å²) < 4.78 is 11.1. The number of ether oxygens (including phenoxy) is 2. The van der Waals surface area contributed by atoms with Crippen LogP contribution in [0.5, 0.6) is 0 Å². The molecule has 3 nitrogen and oxygen atoms in total. The number of aliphatic hydroxyl groups is 1. The first kappa shape index (κ1) is 12.3. The lowest BCUT2D eigenvalue weighted by atomic mass is 9.88. The van der Waals surface area contributed by atoms with E-state index in [9.17, 15) is 5.11 Å². The van der Waals surface area contributed by atoms with Crippen LogP contribution in [0.2, 0.25) is 0 Å². The molecule has 0 radical (unpaired) electrons. The smallest absolute Gasteiger partial charge is 0.0824 e. The van der Waals surface area contributed by atoms with E-state index in [1.807, 2.05) is 0 Å². The molecule has 0 amide bonds. The molecule has 1 aliphatic heterocycles. The molecule has 3 heteroatoms. The van der Waals surface area contributed by atoms with Gasteiger partial charge in [-0.3, -0.25) is 0 Å². The van der Waals surface area contributed by atoms with Crippen molar-refractivity contribution in [1.29, 1.82) is 0 Å². The molecular formula is C13H24O3. The van der Waals surface area contributed by atoms with E-state index in [4.69, 9.17) is 9.47 Å². The van der Waals surface area contributed by atoms with Gasteiger partial charge in [0.2, 0.25) is 0 Å². The van der Waals surface area contributed by atoms with E-state index in [0.717, 1.165) is 19.4 Å². The van der Waals surface area contributed by atoms with Crippen LogP contribution in [0.4, 0.5) is 0 Å². The molecule has 1 aliphatic carbocycles. The summed E-state index contributed by atoms with van der Waals surface area (Å²) in [5.74, 6) is 0.944. The van der Waals surface area contributed by atoms with Crippen molar-refractivity contribution in [3.63, 3.8) is 0 Å². The molecule has 4 unspecified atom stereocenters. The fourth-order valence-corrected chi connectivity index (χ4v) is 2.74. The standard InChI is InChI=1S/C13H24O3/c1-10-4-2-3-5-13(10)16-9-12(14)11-6-7-15-8-11/h10-14H,2-9H2,1H3. The fourth-order valence-electron chi connectivity index (χ4n) is 2.74. The molecule has 1 N–H and O–H groups in total. The average molecular weight is 228 g/mol. The molecule has 2 aliphatic rings. The van der Waals surface area contributed by atoms with Crippen molar-refractivity contribution in [3.8, 4) is 0 Å². The number of aliphatic hydroxyl groups excluding tert-OH is 1. The number of rotatable bonds is 4. The minimum atomic E-state index is -0.336. The number of hydrogen-bond acceptors (Lipinski definition) is 3. The summed E-state index contributed by atoms with van der Waals surface area (Å²) in [6, 6.07) is 0. The Labute approximate surface area is 98.1 Å². The summed E-state index contributed by atoms with van der Waals surface area (Å²) in [4.78, 5) is 0. The highest BCUT2D eigenvalue weighted by molar-refractivity contribution is 4.76. The van der Waals surface area contributed by atoms with Gasteiger partial charge < -0.3 is 14.6 Å². The highest BCUT2D eigenvalue weighted by Gasteiger charge is 2.27. The minimum absolute atomic E-state index is 0.291. The summed E-state index contributed by atoms with van der Waals surface area (Å²) in [6.45, 7) is 4.24. The van der Waals surface area contributed by atoms with Gasteiger partial charge in [-0.2, -0.15) is 0 Å². The summed E-state index contributed by atoms with van der Waals surface area (Å²) in [5, 5.41) is 9.96. The Hall–Kier alpha value is -0.120. The van der Waals surface area contributed by atoms with E-state index >= 15 is 0 Å². The largest absolute Gasteiger partial charge is 0.390 e. The van der Waals surface area contributed by atoms with Crippen LogP contribution in [0.1, 0.15) is 39.0 Å². The lowest BCUT2D eigenvalue weighted by Crippen LogP contribution is -2.32. The molecule has 94 valence electrons. The quantitative estimate of drug-likeness (QED) is 0.799. The van der Waals surface area contributed by atoms with Gasteiger partial charge in [0, 0.05) is 12.5 Å². The molecule has 0 aromatic rings. The first-order valence-corrected chi connectivity index (χ1v) is 6.65. The van der Waals surface area contributed by atoms with Crippen LogP contribution in [0.15, 0.2) is 0 Å². The van der Waals surface area contributed by atoms with Crippen molar-refractivity contribution < 1.29 is 14.6 Å². The predicted molar refractivity (Wildman–Crippen MR) is 62.3 cm³/mol. The van der Waals surface area contributed by atoms with Gasteiger partial charge in [0.15, 0.2) is 0 Å². The van der Waals surface area contributed by atoms with Crippen LogP contribution in [0, 0.1) is 11.8 Å². The van der Waals surface area contributed by atoms with Gasteiger partial charge in [0.05, 0.1) is 25.4 Å². The lowest BCUT2D eigenvalue weighted by molar-refractivity contribution is -0.0613. The summed E-state index contributed by atoms with van der Waals surface area (Å²) >= 11 is 0. The van der Waals surface area contributed by atoms with Gasteiger partial charge >= 0.3 is 0 Å². The average Bonchev–Trinajstić information content (AvgIpc) is 2.81. The molecule has 0 aromatic carbocycles. The van der Waals surface area contributed by atoms with Crippen LogP contribution in [0.25, 0.3) is 0 Å². The second kappa shape index (κ2) is 5.99. The second-order valence-electron chi connectivity index (χ2n) is 5.32. The third-order valence-electron chi connectivity index (χ3n) is 4.02. The van der Waals surface area contributed by atoms with Crippen LogP contribution in [-0.4, -0.2) is 37.1 Å². The molecule has 1 heterocycles. The SMILES string of the molecule is CC1CCCCC1OCC(O)C1CCOC1. The molecule has 2 rings (SSSR count). The van der Waals surface area contributed by atoms with E-state index in [1.54, 1.807) is 0 Å². The molecule has 1 saturated carbocycles. The van der Waals surface area contributed by atoms with Gasteiger partial charge in [-0.15, -0.1) is 0 Å². The van der Waals surface area contributed by atoms with Crippen LogP contribution in [0.3, 0.4) is 0 Å². The van der Waals surface area contributed by atoms with Crippen molar-refractivity contribution in [1.82, 2.24) is 0 Å². The van der Waals surface area contributed by atoms with Crippen molar-refractivity contribution in [2.75, 3.05) is 19.8 Å². The molecule has 16 heavy (non-hydrogen) atoms. The molecular weight excluding hydrogens is 204 g/mol. The van der Waals surface area contributed by atoms with Crippen LogP contribution in [-0.2, 0) is 9.47 Å². The summed E-state index contributed by atoms with van der Waals surface area (Å²) in [6.07, 6.45) is 6.05. The maximum atomic E-state index is 9.96. The second-order valence-corrected chi connectivity index (χ2v) is 5.32. The van der Waals surface area contributed by atoms with Gasteiger partial charge in [0.1, 0.15) is 0 Å². The molecule has 4 atom stereocenters. The van der Waals surface area contributed by atoms with E-state index < -0.39 is 0 Å². The normalized spacial score (nSPS) is 37.5. The van der Waals surface area contributed by atoms with Gasteiger partial charge in [-0.25, -0.2) is 0 Å². The highest BCUT2D eigenvalue weighted by Crippen LogP contribution is 2.27. The predicted octanol–water partition coefficient (Wildman–Crippen LogP) is 1.98. The van der Waals surface area contributed by atoms with E-state index in [1.165, 1.54) is 19.3 Å². The zero-order valence-corrected chi connectivity index (χ0v) is 10.2. The summed E-state index contributed by atoms with van der Waals surface area (Å²) in [7, 11) is 0. The number of hydrogen-bond donors (Lipinski definition) is 1. The third kappa shape index (κ3) is 3.19. The van der Waals surface area contributed by atoms with E-state index in [0.29, 0.717) is 31.2 Å². The topological polar surface area (TPSA) is 38.7 Å². The van der Waals surface area contributed by atoms with E-state index in [2.05, 4.69) is 6.92 Å². The first-order chi connectivity index (χ1) is 7.77. The molecule has 0 aromatic heterocycles. The van der Waals surface area contributed by atoms with Crippen molar-refractivity contribution >= 4 is 0 Å². The molecule has 2 fully saturated rings. The van der Waals surface area contributed by atoms with Gasteiger partial charge in [-0.1, -0.05) is 19.8 Å². The Morgan fingerprint density at radius 2 is 2.12 bits per heavy atom. The zero-order chi connectivity index (χ0) is 11.4. The van der Waals surface area contributed by atoms with E-state index in [-0.39, 0.29) is 6.10 Å². The zero-order valence-electron chi connectivity index (χ0n) is 10.2. The molecule has 0 spiro atoms. The van der Waals surface area contributed by atoms with Crippen molar-refractivity contribution in [3.05, 3.63) is 0 Å². The Morgan fingerprint density at radius 1 is 1.31 bits per heavy atom. The van der Waals surface area contributed by atoms with Crippen LogP contribution < -0.4 is 0 Å². The Balaban J connectivity index is 1.69. The maximum absolute atomic E-state index is 9.96. The minimum Gasteiger partial charge on any atom is -0.390 e. The molecule has 0 bridgehead atoms. The summed E-state index contributed by atoms with van der Waals surface area (Å²) in [5.41, 5.74) is 0. The monoisotopic (exact) mass is 228 g/mol.